The molecule has 0 saturated carbocycles. The summed E-state index contributed by atoms with van der Waals surface area (Å²) in [4.78, 5) is 23.5. The Kier molecular flexibility index (Phi) is 6.22. The van der Waals surface area contributed by atoms with Gasteiger partial charge in [-0.15, -0.1) is 0 Å². The van der Waals surface area contributed by atoms with Crippen molar-refractivity contribution in [2.24, 2.45) is 0 Å². The third-order valence-electron chi connectivity index (χ3n) is 3.22. The molecule has 2 N–H and O–H groups in total. The lowest BCUT2D eigenvalue weighted by Crippen LogP contribution is -2.26. The Morgan fingerprint density at radius 2 is 1.85 bits per heavy atom. The average Bonchev–Trinajstić information content (AvgIpc) is 2.42. The van der Waals surface area contributed by atoms with Gasteiger partial charge in [0.25, 0.3) is 5.91 Å². The number of carboxylic acid groups (broad SMARTS) is 1. The average molecular weight is 277 g/mol. The van der Waals surface area contributed by atoms with Gasteiger partial charge in [-0.25, -0.2) is 4.79 Å². The van der Waals surface area contributed by atoms with Crippen LogP contribution in [0.1, 0.15) is 72.2 Å². The van der Waals surface area contributed by atoms with Crippen LogP contribution >= 0.6 is 0 Å². The van der Waals surface area contributed by atoms with Crippen molar-refractivity contribution in [2.75, 3.05) is 6.54 Å². The van der Waals surface area contributed by atoms with Crippen LogP contribution in [0.4, 0.5) is 0 Å². The summed E-state index contributed by atoms with van der Waals surface area (Å²) in [5.41, 5.74) is 1.28. The fourth-order valence-electron chi connectivity index (χ4n) is 2.24. The Morgan fingerprint density at radius 1 is 1.20 bits per heavy atom. The SMILES string of the molecule is CCCCCNC(=O)c1cccc(C(=O)O)c1C(C)C. The van der Waals surface area contributed by atoms with E-state index in [1.54, 1.807) is 18.2 Å². The Bertz CT molecular complexity index is 481. The van der Waals surface area contributed by atoms with Gasteiger partial charge < -0.3 is 10.4 Å². The first-order chi connectivity index (χ1) is 9.49. The monoisotopic (exact) mass is 277 g/mol. The zero-order chi connectivity index (χ0) is 15.1. The number of rotatable bonds is 7. The number of benzene rings is 1. The summed E-state index contributed by atoms with van der Waals surface area (Å²) in [6, 6.07) is 4.86. The first kappa shape index (κ1) is 16.2. The zero-order valence-electron chi connectivity index (χ0n) is 12.4. The summed E-state index contributed by atoms with van der Waals surface area (Å²) in [5.74, 6) is -1.19. The minimum atomic E-state index is -0.991. The van der Waals surface area contributed by atoms with Crippen molar-refractivity contribution in [3.05, 3.63) is 34.9 Å². The van der Waals surface area contributed by atoms with E-state index < -0.39 is 5.97 Å². The highest BCUT2D eigenvalue weighted by molar-refractivity contribution is 6.00. The van der Waals surface area contributed by atoms with Gasteiger partial charge in [-0.2, -0.15) is 0 Å². The molecule has 1 aromatic rings. The van der Waals surface area contributed by atoms with Crippen molar-refractivity contribution in [1.29, 1.82) is 0 Å². The second kappa shape index (κ2) is 7.68. The van der Waals surface area contributed by atoms with Crippen LogP contribution < -0.4 is 5.32 Å². The number of hydrogen-bond donors (Lipinski definition) is 2. The Morgan fingerprint density at radius 3 is 2.40 bits per heavy atom. The number of nitrogens with one attached hydrogen (secondary N) is 1. The molecule has 20 heavy (non-hydrogen) atoms. The molecule has 0 aliphatic carbocycles. The van der Waals surface area contributed by atoms with Crippen LogP contribution in [0.2, 0.25) is 0 Å². The first-order valence-corrected chi connectivity index (χ1v) is 7.13. The lowest BCUT2D eigenvalue weighted by molar-refractivity contribution is 0.0695. The van der Waals surface area contributed by atoms with Crippen LogP contribution in [0.15, 0.2) is 18.2 Å². The van der Waals surface area contributed by atoms with E-state index in [4.69, 9.17) is 0 Å². The van der Waals surface area contributed by atoms with Gasteiger partial charge in [-0.3, -0.25) is 4.79 Å². The minimum Gasteiger partial charge on any atom is -0.478 e. The highest BCUT2D eigenvalue weighted by Gasteiger charge is 2.20. The Balaban J connectivity index is 2.96. The molecule has 110 valence electrons. The molecule has 0 saturated heterocycles. The van der Waals surface area contributed by atoms with E-state index in [1.165, 1.54) is 0 Å². The molecule has 0 bridgehead atoms. The molecule has 0 aromatic heterocycles. The lowest BCUT2D eigenvalue weighted by atomic mass is 9.91. The molecule has 1 aromatic carbocycles. The van der Waals surface area contributed by atoms with Crippen LogP contribution in [0, 0.1) is 0 Å². The third-order valence-corrected chi connectivity index (χ3v) is 3.22. The van der Waals surface area contributed by atoms with Gasteiger partial charge in [0.05, 0.1) is 5.56 Å². The van der Waals surface area contributed by atoms with E-state index in [0.717, 1.165) is 19.3 Å². The van der Waals surface area contributed by atoms with Crippen LogP contribution in [0.25, 0.3) is 0 Å². The molecule has 0 spiro atoms. The molecule has 4 nitrogen and oxygen atoms in total. The van der Waals surface area contributed by atoms with Crippen molar-refractivity contribution in [3.8, 4) is 0 Å². The summed E-state index contributed by atoms with van der Waals surface area (Å²) in [6.45, 7) is 6.53. The van der Waals surface area contributed by atoms with Gasteiger partial charge in [0, 0.05) is 12.1 Å². The molecule has 1 rings (SSSR count). The van der Waals surface area contributed by atoms with Gasteiger partial charge in [0.1, 0.15) is 0 Å². The van der Waals surface area contributed by atoms with Crippen LogP contribution in [0.5, 0.6) is 0 Å². The van der Waals surface area contributed by atoms with E-state index in [2.05, 4.69) is 12.2 Å². The Labute approximate surface area is 120 Å². The predicted octanol–water partition coefficient (Wildman–Crippen LogP) is 3.43. The number of carboxylic acids is 1. The quantitative estimate of drug-likeness (QED) is 0.750. The third kappa shape index (κ3) is 4.08. The molecule has 1 amide bonds. The fourth-order valence-corrected chi connectivity index (χ4v) is 2.24. The van der Waals surface area contributed by atoms with Crippen LogP contribution in [-0.4, -0.2) is 23.5 Å². The maximum Gasteiger partial charge on any atom is 0.335 e. The number of unbranched alkanes of at least 4 members (excludes halogenated alkanes) is 2. The van der Waals surface area contributed by atoms with Crippen molar-refractivity contribution in [1.82, 2.24) is 5.32 Å². The lowest BCUT2D eigenvalue weighted by Gasteiger charge is -2.15. The molecule has 0 fully saturated rings. The molecule has 0 aliphatic rings. The number of carbonyl (C=O) groups is 2. The van der Waals surface area contributed by atoms with Gasteiger partial charge in [-0.1, -0.05) is 39.7 Å². The highest BCUT2D eigenvalue weighted by Crippen LogP contribution is 2.24. The Hall–Kier alpha value is -1.84. The molecule has 0 atom stereocenters. The maximum atomic E-state index is 12.2. The van der Waals surface area contributed by atoms with E-state index in [1.807, 2.05) is 13.8 Å². The summed E-state index contributed by atoms with van der Waals surface area (Å²) in [7, 11) is 0. The minimum absolute atomic E-state index is 0.0151. The first-order valence-electron chi connectivity index (χ1n) is 7.13. The molecule has 0 heterocycles. The fraction of sp³-hybridized carbons (Fsp3) is 0.500. The predicted molar refractivity (Wildman–Crippen MR) is 79.3 cm³/mol. The van der Waals surface area contributed by atoms with E-state index in [9.17, 15) is 14.7 Å². The number of aromatic carboxylic acids is 1. The number of hydrogen-bond acceptors (Lipinski definition) is 2. The van der Waals surface area contributed by atoms with E-state index in [0.29, 0.717) is 17.7 Å². The summed E-state index contributed by atoms with van der Waals surface area (Å²) < 4.78 is 0. The zero-order valence-corrected chi connectivity index (χ0v) is 12.4. The summed E-state index contributed by atoms with van der Waals surface area (Å²) >= 11 is 0. The summed E-state index contributed by atoms with van der Waals surface area (Å²) in [6.07, 6.45) is 3.12. The van der Waals surface area contributed by atoms with Crippen molar-refractivity contribution in [2.45, 2.75) is 46.0 Å². The van der Waals surface area contributed by atoms with Gasteiger partial charge in [-0.05, 0) is 30.0 Å². The normalized spacial score (nSPS) is 10.6. The van der Waals surface area contributed by atoms with Crippen molar-refractivity contribution in [3.63, 3.8) is 0 Å². The smallest absolute Gasteiger partial charge is 0.335 e. The molecule has 4 heteroatoms. The molecule has 0 unspecified atom stereocenters. The topological polar surface area (TPSA) is 66.4 Å². The van der Waals surface area contributed by atoms with Gasteiger partial charge >= 0.3 is 5.97 Å². The van der Waals surface area contributed by atoms with Crippen molar-refractivity contribution >= 4 is 11.9 Å². The molecular formula is C16H23NO3. The second-order valence-electron chi connectivity index (χ2n) is 5.19. The van der Waals surface area contributed by atoms with Crippen LogP contribution in [0.3, 0.4) is 0 Å². The van der Waals surface area contributed by atoms with E-state index >= 15 is 0 Å². The largest absolute Gasteiger partial charge is 0.478 e. The number of amides is 1. The molecule has 0 aliphatic heterocycles. The highest BCUT2D eigenvalue weighted by atomic mass is 16.4. The van der Waals surface area contributed by atoms with Gasteiger partial charge in [0.2, 0.25) is 0 Å². The maximum absolute atomic E-state index is 12.2. The molecular weight excluding hydrogens is 254 g/mol. The number of carbonyl (C=O) groups excluding carboxylic acids is 1. The second-order valence-corrected chi connectivity index (χ2v) is 5.19. The summed E-state index contributed by atoms with van der Waals surface area (Å²) in [5, 5.41) is 12.1. The van der Waals surface area contributed by atoms with E-state index in [-0.39, 0.29) is 17.4 Å². The van der Waals surface area contributed by atoms with Crippen molar-refractivity contribution < 1.29 is 14.7 Å². The van der Waals surface area contributed by atoms with Crippen LogP contribution in [-0.2, 0) is 0 Å². The van der Waals surface area contributed by atoms with Gasteiger partial charge in [0.15, 0.2) is 0 Å². The standard InChI is InChI=1S/C16H23NO3/c1-4-5-6-10-17-15(18)12-8-7-9-13(16(19)20)14(12)11(2)3/h7-9,11H,4-6,10H2,1-3H3,(H,17,18)(H,19,20). The molecule has 0 radical (unpaired) electrons.